The van der Waals surface area contributed by atoms with E-state index >= 15 is 0 Å². The van der Waals surface area contributed by atoms with E-state index < -0.39 is 23.5 Å². The van der Waals surface area contributed by atoms with Crippen molar-refractivity contribution in [3.05, 3.63) is 0 Å². The molecule has 1 N–H and O–H groups in total. The van der Waals surface area contributed by atoms with Gasteiger partial charge in [-0.15, -0.1) is 11.6 Å². The van der Waals surface area contributed by atoms with Gasteiger partial charge in [0.1, 0.15) is 6.10 Å². The van der Waals surface area contributed by atoms with Gasteiger partial charge in [-0.3, -0.25) is 0 Å². The Hall–Kier alpha value is -0.770. The molecule has 0 amide bonds. The van der Waals surface area contributed by atoms with Crippen LogP contribution in [0.5, 0.6) is 0 Å². The molecule has 0 aromatic heterocycles. The summed E-state index contributed by atoms with van der Waals surface area (Å²) < 4.78 is 5.38. The van der Waals surface area contributed by atoms with E-state index in [1.165, 1.54) is 0 Å². The number of carboxylic acids is 1. The van der Waals surface area contributed by atoms with Crippen LogP contribution in [0.3, 0.4) is 0 Å². The number of halogens is 1. The lowest BCUT2D eigenvalue weighted by Gasteiger charge is -2.21. The number of nitrogens with zero attached hydrogens (tertiary/aromatic N) is 1. The molecule has 0 bridgehead atoms. The summed E-state index contributed by atoms with van der Waals surface area (Å²) in [4.78, 5) is 14.8. The van der Waals surface area contributed by atoms with Crippen LogP contribution in [0.25, 0.3) is 0 Å². The van der Waals surface area contributed by atoms with Crippen molar-refractivity contribution < 1.29 is 14.6 Å². The third-order valence-electron chi connectivity index (χ3n) is 2.16. The number of ether oxygens (including phenoxy) is 1. The molecule has 0 saturated heterocycles. The van der Waals surface area contributed by atoms with Crippen LogP contribution in [0.4, 0.5) is 0 Å². The van der Waals surface area contributed by atoms with Gasteiger partial charge in [0.2, 0.25) is 0 Å². The summed E-state index contributed by atoms with van der Waals surface area (Å²) in [7, 11) is 0. The summed E-state index contributed by atoms with van der Waals surface area (Å²) >= 11 is 5.74. The number of hydrogen-bond donors (Lipinski definition) is 1. The first-order chi connectivity index (χ1) is 6.38. The van der Waals surface area contributed by atoms with Gasteiger partial charge in [-0.25, -0.2) is 9.79 Å². The number of aliphatic carboxylic acids is 1. The maximum absolute atomic E-state index is 10.8. The summed E-state index contributed by atoms with van der Waals surface area (Å²) in [5, 5.41) is 8.82. The lowest BCUT2D eigenvalue weighted by molar-refractivity contribution is -0.139. The molecule has 0 unspecified atom stereocenters. The molecule has 1 aliphatic rings. The Morgan fingerprint density at radius 1 is 1.71 bits per heavy atom. The fourth-order valence-corrected chi connectivity index (χ4v) is 1.26. The molecule has 14 heavy (non-hydrogen) atoms. The molecular formula is C9H14ClNO3. The molecule has 80 valence electrons. The predicted octanol–water partition coefficient (Wildman–Crippen LogP) is 1.52. The van der Waals surface area contributed by atoms with Gasteiger partial charge < -0.3 is 9.84 Å². The molecule has 5 heteroatoms. The summed E-state index contributed by atoms with van der Waals surface area (Å²) in [5.41, 5.74) is -0.403. The molecule has 4 nitrogen and oxygen atoms in total. The third kappa shape index (κ3) is 2.00. The van der Waals surface area contributed by atoms with Gasteiger partial charge in [0.25, 0.3) is 0 Å². The summed E-state index contributed by atoms with van der Waals surface area (Å²) in [5.74, 6) is -0.171. The lowest BCUT2D eigenvalue weighted by atomic mass is 9.96. The highest BCUT2D eigenvalue weighted by Crippen LogP contribution is 2.27. The van der Waals surface area contributed by atoms with E-state index in [-0.39, 0.29) is 0 Å². The van der Waals surface area contributed by atoms with Gasteiger partial charge in [0.05, 0.1) is 5.41 Å². The van der Waals surface area contributed by atoms with E-state index in [1.54, 1.807) is 6.92 Å². The van der Waals surface area contributed by atoms with E-state index in [4.69, 9.17) is 21.4 Å². The minimum Gasteiger partial charge on any atom is -0.480 e. The highest BCUT2D eigenvalue weighted by Gasteiger charge is 2.39. The van der Waals surface area contributed by atoms with Gasteiger partial charge in [-0.05, 0) is 20.8 Å². The van der Waals surface area contributed by atoms with E-state index in [9.17, 15) is 4.79 Å². The Balaban J connectivity index is 2.85. The Labute approximate surface area is 87.9 Å². The van der Waals surface area contributed by atoms with E-state index in [1.807, 2.05) is 13.8 Å². The van der Waals surface area contributed by atoms with Crippen LogP contribution in [0.2, 0.25) is 0 Å². The molecule has 0 fully saturated rings. The van der Waals surface area contributed by atoms with E-state index in [2.05, 4.69) is 4.99 Å². The molecule has 1 heterocycles. The number of alkyl halides is 1. The molecular weight excluding hydrogens is 206 g/mol. The third-order valence-corrected chi connectivity index (χ3v) is 2.83. The Bertz CT molecular complexity index is 275. The Kier molecular flexibility index (Phi) is 3.04. The van der Waals surface area contributed by atoms with Crippen LogP contribution in [0.15, 0.2) is 4.99 Å². The predicted molar refractivity (Wildman–Crippen MR) is 53.9 cm³/mol. The number of rotatable bonds is 3. The zero-order valence-corrected chi connectivity index (χ0v) is 9.21. The number of aliphatic imine (C=N–C) groups is 1. The average Bonchev–Trinajstić information content (AvgIpc) is 2.48. The quantitative estimate of drug-likeness (QED) is 0.733. The molecule has 0 saturated carbocycles. The van der Waals surface area contributed by atoms with Crippen molar-refractivity contribution in [2.75, 3.05) is 5.88 Å². The maximum atomic E-state index is 10.8. The first-order valence-electron chi connectivity index (χ1n) is 4.42. The average molecular weight is 220 g/mol. The van der Waals surface area contributed by atoms with Crippen LogP contribution < -0.4 is 0 Å². The summed E-state index contributed by atoms with van der Waals surface area (Å²) in [6.07, 6.45) is -0.412. The number of carboxylic acid groups (broad SMARTS) is 1. The SMILES string of the molecule is C[C@@H]1OC(C(C)(C)CCl)=N[C@@H]1C(=O)O. The number of hydrogen-bond acceptors (Lipinski definition) is 3. The van der Waals surface area contributed by atoms with Crippen molar-refractivity contribution in [2.24, 2.45) is 10.4 Å². The van der Waals surface area contributed by atoms with Crippen LogP contribution in [-0.4, -0.2) is 35.0 Å². The Morgan fingerprint density at radius 2 is 2.29 bits per heavy atom. The normalized spacial score (nSPS) is 27.0. The standard InChI is InChI=1S/C9H14ClNO3/c1-5-6(7(12)13)11-8(14-5)9(2,3)4-10/h5-6H,4H2,1-3H3,(H,12,13)/t5-,6-/m0/s1. The van der Waals surface area contributed by atoms with Crippen LogP contribution in [-0.2, 0) is 9.53 Å². The van der Waals surface area contributed by atoms with E-state index in [0.29, 0.717) is 11.8 Å². The van der Waals surface area contributed by atoms with Crippen molar-refractivity contribution in [3.8, 4) is 0 Å². The van der Waals surface area contributed by atoms with Gasteiger partial charge in [0.15, 0.2) is 11.9 Å². The van der Waals surface area contributed by atoms with Crippen LogP contribution >= 0.6 is 11.6 Å². The van der Waals surface area contributed by atoms with Crippen molar-refractivity contribution in [1.29, 1.82) is 0 Å². The highest BCUT2D eigenvalue weighted by molar-refractivity contribution is 6.20. The lowest BCUT2D eigenvalue weighted by Crippen LogP contribution is -2.29. The topological polar surface area (TPSA) is 58.9 Å². The van der Waals surface area contributed by atoms with Gasteiger partial charge in [0, 0.05) is 5.88 Å². The zero-order valence-electron chi connectivity index (χ0n) is 8.45. The summed E-state index contributed by atoms with van der Waals surface area (Å²) in [6, 6.07) is -0.799. The monoisotopic (exact) mass is 219 g/mol. The highest BCUT2D eigenvalue weighted by atomic mass is 35.5. The van der Waals surface area contributed by atoms with Crippen molar-refractivity contribution in [3.63, 3.8) is 0 Å². The van der Waals surface area contributed by atoms with Gasteiger partial charge >= 0.3 is 5.97 Å². The van der Waals surface area contributed by atoms with Gasteiger partial charge in [-0.2, -0.15) is 0 Å². The Morgan fingerprint density at radius 3 is 2.64 bits per heavy atom. The van der Waals surface area contributed by atoms with Crippen LogP contribution in [0.1, 0.15) is 20.8 Å². The molecule has 0 aliphatic carbocycles. The molecule has 0 aromatic rings. The second-order valence-electron chi connectivity index (χ2n) is 4.06. The van der Waals surface area contributed by atoms with Crippen molar-refractivity contribution >= 4 is 23.5 Å². The minimum atomic E-state index is -0.960. The molecule has 1 aliphatic heterocycles. The fourth-order valence-electron chi connectivity index (χ4n) is 1.15. The molecule has 0 aromatic carbocycles. The zero-order chi connectivity index (χ0) is 10.9. The molecule has 0 radical (unpaired) electrons. The smallest absolute Gasteiger partial charge is 0.332 e. The molecule has 2 atom stereocenters. The van der Waals surface area contributed by atoms with Gasteiger partial charge in [-0.1, -0.05) is 0 Å². The second-order valence-corrected chi connectivity index (χ2v) is 4.33. The van der Waals surface area contributed by atoms with Crippen LogP contribution in [0, 0.1) is 5.41 Å². The molecule has 1 rings (SSSR count). The second kappa shape index (κ2) is 3.77. The minimum absolute atomic E-state index is 0.352. The van der Waals surface area contributed by atoms with Crippen molar-refractivity contribution in [2.45, 2.75) is 32.9 Å². The van der Waals surface area contributed by atoms with E-state index in [0.717, 1.165) is 0 Å². The fraction of sp³-hybridized carbons (Fsp3) is 0.778. The maximum Gasteiger partial charge on any atom is 0.332 e. The van der Waals surface area contributed by atoms with Crippen molar-refractivity contribution in [1.82, 2.24) is 0 Å². The largest absolute Gasteiger partial charge is 0.480 e. The summed E-state index contributed by atoms with van der Waals surface area (Å²) in [6.45, 7) is 5.44. The first kappa shape index (κ1) is 11.3. The first-order valence-corrected chi connectivity index (χ1v) is 4.95. The molecule has 0 spiro atoms. The number of carbonyl (C=O) groups is 1.